The molecule has 0 aromatic rings. The van der Waals surface area contributed by atoms with Gasteiger partial charge in [-0.15, -0.1) is 11.8 Å². The zero-order chi connectivity index (χ0) is 13.4. The molecule has 0 aliphatic carbocycles. The second kappa shape index (κ2) is 8.34. The van der Waals surface area contributed by atoms with Gasteiger partial charge in [0.15, 0.2) is 0 Å². The predicted molar refractivity (Wildman–Crippen MR) is 71.1 cm³/mol. The van der Waals surface area contributed by atoms with E-state index in [1.165, 1.54) is 7.11 Å². The standard InChI is InChI=1S/C11H21N3O3S/c1-17-11(16)8(12)4-2-3-5-13-9(15)10-14-6-7-18-10/h8,10,14H,2-7,12H2,1H3,(H,13,15)/t8-,10?/m0/s1. The lowest BCUT2D eigenvalue weighted by Crippen LogP contribution is -2.39. The fourth-order valence-corrected chi connectivity index (χ4v) is 2.60. The quantitative estimate of drug-likeness (QED) is 0.426. The Morgan fingerprint density at radius 3 is 2.94 bits per heavy atom. The van der Waals surface area contributed by atoms with Crippen molar-refractivity contribution in [1.82, 2.24) is 10.6 Å². The molecule has 0 spiro atoms. The molecule has 0 saturated carbocycles. The van der Waals surface area contributed by atoms with E-state index in [4.69, 9.17) is 5.73 Å². The van der Waals surface area contributed by atoms with Crippen LogP contribution in [0.5, 0.6) is 0 Å². The molecule has 7 heteroatoms. The molecule has 104 valence electrons. The molecule has 1 saturated heterocycles. The van der Waals surface area contributed by atoms with Crippen molar-refractivity contribution in [3.8, 4) is 0 Å². The van der Waals surface area contributed by atoms with E-state index in [1.54, 1.807) is 11.8 Å². The number of nitrogens with two attached hydrogens (primary N) is 1. The molecule has 0 radical (unpaired) electrons. The van der Waals surface area contributed by atoms with E-state index in [-0.39, 0.29) is 17.3 Å². The van der Waals surface area contributed by atoms with Gasteiger partial charge in [-0.1, -0.05) is 0 Å². The SMILES string of the molecule is COC(=O)[C@@H](N)CCCCNC(=O)C1NCCS1. The zero-order valence-electron chi connectivity index (χ0n) is 10.6. The lowest BCUT2D eigenvalue weighted by Gasteiger charge is -2.11. The van der Waals surface area contributed by atoms with Crippen LogP contribution in [0.1, 0.15) is 19.3 Å². The van der Waals surface area contributed by atoms with Crippen molar-refractivity contribution in [2.24, 2.45) is 5.73 Å². The number of rotatable bonds is 7. The van der Waals surface area contributed by atoms with Crippen molar-refractivity contribution < 1.29 is 14.3 Å². The van der Waals surface area contributed by atoms with Gasteiger partial charge in [0.25, 0.3) is 0 Å². The second-order valence-electron chi connectivity index (χ2n) is 4.12. The molecule has 4 N–H and O–H groups in total. The van der Waals surface area contributed by atoms with Crippen LogP contribution < -0.4 is 16.4 Å². The van der Waals surface area contributed by atoms with E-state index in [0.29, 0.717) is 13.0 Å². The average molecular weight is 275 g/mol. The van der Waals surface area contributed by atoms with Crippen LogP contribution in [-0.2, 0) is 14.3 Å². The van der Waals surface area contributed by atoms with Crippen molar-refractivity contribution in [1.29, 1.82) is 0 Å². The summed E-state index contributed by atoms with van der Waals surface area (Å²) in [7, 11) is 1.33. The molecule has 18 heavy (non-hydrogen) atoms. The van der Waals surface area contributed by atoms with Gasteiger partial charge in [0.1, 0.15) is 11.4 Å². The third-order valence-electron chi connectivity index (χ3n) is 2.70. The monoisotopic (exact) mass is 275 g/mol. The summed E-state index contributed by atoms with van der Waals surface area (Å²) >= 11 is 1.62. The topological polar surface area (TPSA) is 93.4 Å². The number of hydrogen-bond donors (Lipinski definition) is 3. The minimum Gasteiger partial charge on any atom is -0.468 e. The number of esters is 1. The zero-order valence-corrected chi connectivity index (χ0v) is 11.4. The molecule has 1 aliphatic heterocycles. The van der Waals surface area contributed by atoms with E-state index >= 15 is 0 Å². The minimum atomic E-state index is -0.558. The maximum atomic E-state index is 11.6. The fraction of sp³-hybridized carbons (Fsp3) is 0.818. The first-order valence-electron chi connectivity index (χ1n) is 6.11. The molecular formula is C11H21N3O3S. The Balaban J connectivity index is 2.01. The lowest BCUT2D eigenvalue weighted by molar-refractivity contribution is -0.142. The van der Waals surface area contributed by atoms with Gasteiger partial charge < -0.3 is 15.8 Å². The Bertz CT molecular complexity index is 283. The van der Waals surface area contributed by atoms with Gasteiger partial charge in [-0.3, -0.25) is 14.9 Å². The highest BCUT2D eigenvalue weighted by Gasteiger charge is 2.21. The van der Waals surface area contributed by atoms with Crippen LogP contribution in [0.3, 0.4) is 0 Å². The maximum absolute atomic E-state index is 11.6. The lowest BCUT2D eigenvalue weighted by atomic mass is 10.1. The van der Waals surface area contributed by atoms with E-state index in [1.807, 2.05) is 0 Å². The fourth-order valence-electron chi connectivity index (χ4n) is 1.66. The van der Waals surface area contributed by atoms with Crippen LogP contribution >= 0.6 is 11.8 Å². The molecule has 6 nitrogen and oxygen atoms in total. The number of unbranched alkanes of at least 4 members (excludes halogenated alkanes) is 1. The van der Waals surface area contributed by atoms with Crippen molar-refractivity contribution in [2.45, 2.75) is 30.7 Å². The first-order valence-corrected chi connectivity index (χ1v) is 7.16. The van der Waals surface area contributed by atoms with E-state index < -0.39 is 6.04 Å². The van der Waals surface area contributed by atoms with Crippen LogP contribution in [0, 0.1) is 0 Å². The molecular weight excluding hydrogens is 254 g/mol. The van der Waals surface area contributed by atoms with Gasteiger partial charge in [0, 0.05) is 18.8 Å². The Hall–Kier alpha value is -0.790. The largest absolute Gasteiger partial charge is 0.468 e. The Morgan fingerprint density at radius 1 is 1.56 bits per heavy atom. The third-order valence-corrected chi connectivity index (χ3v) is 3.85. The summed E-state index contributed by atoms with van der Waals surface area (Å²) in [6, 6.07) is -0.558. The Labute approximate surface area is 111 Å². The number of carbonyl (C=O) groups excluding carboxylic acids is 2. The molecule has 1 aliphatic rings. The van der Waals surface area contributed by atoms with Crippen molar-refractivity contribution >= 4 is 23.6 Å². The molecule has 0 bridgehead atoms. The van der Waals surface area contributed by atoms with Gasteiger partial charge in [0.05, 0.1) is 7.11 Å². The molecule has 1 fully saturated rings. The number of methoxy groups -OCH3 is 1. The van der Waals surface area contributed by atoms with Crippen molar-refractivity contribution in [2.75, 3.05) is 26.0 Å². The van der Waals surface area contributed by atoms with Gasteiger partial charge in [-0.05, 0) is 19.3 Å². The molecule has 0 aromatic heterocycles. The summed E-state index contributed by atoms with van der Waals surface area (Å²) in [6.45, 7) is 1.50. The summed E-state index contributed by atoms with van der Waals surface area (Å²) < 4.78 is 4.53. The molecule has 1 rings (SSSR count). The highest BCUT2D eigenvalue weighted by atomic mass is 32.2. The third kappa shape index (κ3) is 5.24. The minimum absolute atomic E-state index is 0.0368. The van der Waals surface area contributed by atoms with Crippen LogP contribution in [-0.4, -0.2) is 49.2 Å². The number of amides is 1. The molecule has 2 atom stereocenters. The highest BCUT2D eigenvalue weighted by molar-refractivity contribution is 8.00. The van der Waals surface area contributed by atoms with Gasteiger partial charge in [-0.2, -0.15) is 0 Å². The number of thioether (sulfide) groups is 1. The van der Waals surface area contributed by atoms with Crippen LogP contribution in [0.15, 0.2) is 0 Å². The van der Waals surface area contributed by atoms with Crippen LogP contribution in [0.2, 0.25) is 0 Å². The summed E-state index contributed by atoms with van der Waals surface area (Å²) in [5, 5.41) is 5.86. The van der Waals surface area contributed by atoms with E-state index in [0.717, 1.165) is 25.1 Å². The van der Waals surface area contributed by atoms with Crippen LogP contribution in [0.25, 0.3) is 0 Å². The van der Waals surface area contributed by atoms with Crippen molar-refractivity contribution in [3.63, 3.8) is 0 Å². The molecule has 0 aromatic carbocycles. The Morgan fingerprint density at radius 2 is 2.33 bits per heavy atom. The van der Waals surface area contributed by atoms with Crippen molar-refractivity contribution in [3.05, 3.63) is 0 Å². The van der Waals surface area contributed by atoms with E-state index in [2.05, 4.69) is 15.4 Å². The van der Waals surface area contributed by atoms with Crippen LogP contribution in [0.4, 0.5) is 0 Å². The smallest absolute Gasteiger partial charge is 0.322 e. The summed E-state index contributed by atoms with van der Waals surface area (Å²) in [5.41, 5.74) is 5.59. The van der Waals surface area contributed by atoms with E-state index in [9.17, 15) is 9.59 Å². The summed E-state index contributed by atoms with van der Waals surface area (Å²) in [6.07, 6.45) is 2.19. The van der Waals surface area contributed by atoms with Gasteiger partial charge in [0.2, 0.25) is 5.91 Å². The normalized spacial score (nSPS) is 20.4. The summed E-state index contributed by atoms with van der Waals surface area (Å²) in [5.74, 6) is 0.631. The highest BCUT2D eigenvalue weighted by Crippen LogP contribution is 2.13. The predicted octanol–water partition coefficient (Wildman–Crippen LogP) is -0.564. The number of nitrogens with one attached hydrogen (secondary N) is 2. The van der Waals surface area contributed by atoms with Gasteiger partial charge >= 0.3 is 5.97 Å². The first kappa shape index (κ1) is 15.3. The number of hydrogen-bond acceptors (Lipinski definition) is 6. The summed E-state index contributed by atoms with van der Waals surface area (Å²) in [4.78, 5) is 22.6. The number of ether oxygens (including phenoxy) is 1. The molecule has 1 unspecified atom stereocenters. The average Bonchev–Trinajstić information content (AvgIpc) is 2.90. The Kier molecular flexibility index (Phi) is 7.07. The first-order chi connectivity index (χ1) is 8.65. The number of carbonyl (C=O) groups is 2. The molecule has 1 amide bonds. The van der Waals surface area contributed by atoms with Gasteiger partial charge in [-0.25, -0.2) is 0 Å². The second-order valence-corrected chi connectivity index (χ2v) is 5.33. The molecule has 1 heterocycles. The maximum Gasteiger partial charge on any atom is 0.322 e.